The van der Waals surface area contributed by atoms with Gasteiger partial charge in [-0.25, -0.2) is 9.78 Å². The summed E-state index contributed by atoms with van der Waals surface area (Å²) in [6.45, 7) is 1.26. The number of nitrogens with one attached hydrogen (secondary N) is 4. The summed E-state index contributed by atoms with van der Waals surface area (Å²) in [6, 6.07) is 18.6. The molecule has 1 aromatic heterocycles. The zero-order valence-electron chi connectivity index (χ0n) is 22.9. The second kappa shape index (κ2) is 14.3. The number of imidazole rings is 1. The maximum absolute atomic E-state index is 13.7. The van der Waals surface area contributed by atoms with Crippen LogP contribution in [-0.2, 0) is 32.8 Å². The Kier molecular flexibility index (Phi) is 10.3. The number of aromatic amines is 1. The van der Waals surface area contributed by atoms with Crippen LogP contribution in [0, 0.1) is 0 Å². The van der Waals surface area contributed by atoms with Gasteiger partial charge in [0.25, 0.3) is 0 Å². The minimum absolute atomic E-state index is 0.0655. The number of rotatable bonds is 14. The molecule has 212 valence electrons. The fourth-order valence-corrected chi connectivity index (χ4v) is 4.92. The molecule has 10 heteroatoms. The topological polar surface area (TPSA) is 128 Å². The van der Waals surface area contributed by atoms with Gasteiger partial charge in [-0.2, -0.15) is 0 Å². The number of amides is 3. The van der Waals surface area contributed by atoms with E-state index in [1.807, 2.05) is 48.5 Å². The van der Waals surface area contributed by atoms with Crippen LogP contribution in [-0.4, -0.2) is 72.0 Å². The maximum Gasteiger partial charge on any atom is 0.408 e. The van der Waals surface area contributed by atoms with Crippen LogP contribution in [0.1, 0.15) is 36.1 Å². The van der Waals surface area contributed by atoms with Gasteiger partial charge in [-0.05, 0) is 31.0 Å². The smallest absolute Gasteiger partial charge is 0.408 e. The third kappa shape index (κ3) is 7.92. The van der Waals surface area contributed by atoms with Crippen molar-refractivity contribution in [2.75, 3.05) is 33.2 Å². The molecule has 0 spiro atoms. The van der Waals surface area contributed by atoms with E-state index in [1.54, 1.807) is 13.2 Å². The number of ether oxygens (including phenoxy) is 1. The number of carbonyl (C=O) groups excluding carboxylic acids is 3. The van der Waals surface area contributed by atoms with Gasteiger partial charge >= 0.3 is 6.09 Å². The van der Waals surface area contributed by atoms with Gasteiger partial charge in [-0.15, -0.1) is 0 Å². The Morgan fingerprint density at radius 1 is 1.07 bits per heavy atom. The number of carbonyl (C=O) groups is 3. The number of hydrogen-bond acceptors (Lipinski definition) is 6. The second-order valence-electron chi connectivity index (χ2n) is 10.2. The first kappa shape index (κ1) is 28.8. The molecule has 1 unspecified atom stereocenters. The summed E-state index contributed by atoms with van der Waals surface area (Å²) in [5, 5.41) is 8.80. The lowest BCUT2D eigenvalue weighted by Crippen LogP contribution is -2.54. The summed E-state index contributed by atoms with van der Waals surface area (Å²) in [6.07, 6.45) is 5.73. The molecular formula is C30H38N6O4. The zero-order valence-corrected chi connectivity index (χ0v) is 22.9. The number of nitrogens with zero attached hydrogens (tertiary/aromatic N) is 2. The molecule has 0 aliphatic heterocycles. The van der Waals surface area contributed by atoms with E-state index in [0.29, 0.717) is 25.3 Å². The average Bonchev–Trinajstić information content (AvgIpc) is 3.47. The molecule has 10 nitrogen and oxygen atoms in total. The van der Waals surface area contributed by atoms with Gasteiger partial charge in [-0.1, -0.05) is 67.1 Å². The molecular weight excluding hydrogens is 508 g/mol. The molecule has 1 aliphatic rings. The van der Waals surface area contributed by atoms with E-state index in [2.05, 4.69) is 38.1 Å². The first-order chi connectivity index (χ1) is 19.5. The number of hydrogen-bond donors (Lipinski definition) is 4. The Hall–Kier alpha value is -4.18. The average molecular weight is 547 g/mol. The van der Waals surface area contributed by atoms with Crippen molar-refractivity contribution < 1.29 is 19.1 Å². The van der Waals surface area contributed by atoms with E-state index in [4.69, 9.17) is 4.74 Å². The Morgan fingerprint density at radius 2 is 1.80 bits per heavy atom. The summed E-state index contributed by atoms with van der Waals surface area (Å²) < 4.78 is 5.37. The predicted octanol–water partition coefficient (Wildman–Crippen LogP) is 2.53. The zero-order chi connectivity index (χ0) is 28.2. The molecule has 1 saturated carbocycles. The third-order valence-corrected chi connectivity index (χ3v) is 7.38. The van der Waals surface area contributed by atoms with Gasteiger partial charge in [-0.3, -0.25) is 9.59 Å². The maximum atomic E-state index is 13.7. The SMILES string of the molecule is CNCCN(CC(=O)NCC1(c2ccccc2)CCC1)C(=O)C(Cc1cnc[nH]1)NC(=O)OCc1ccccc1. The largest absolute Gasteiger partial charge is 0.445 e. The highest BCUT2D eigenvalue weighted by Crippen LogP contribution is 2.43. The lowest BCUT2D eigenvalue weighted by atomic mass is 9.64. The molecule has 1 atom stereocenters. The van der Waals surface area contributed by atoms with Crippen molar-refractivity contribution in [2.45, 2.75) is 43.7 Å². The standard InChI is InChI=1S/C30H38N6O4/c1-31-15-16-36(19-27(37)33-21-30(13-8-14-30)24-11-6-3-7-12-24)28(38)26(17-25-18-32-22-34-25)35-29(39)40-20-23-9-4-2-5-10-23/h2-7,9-12,18,22,26,31H,8,13-17,19-21H2,1H3,(H,32,34)(H,33,37)(H,35,39). The molecule has 0 radical (unpaired) electrons. The number of benzene rings is 2. The van der Waals surface area contributed by atoms with Gasteiger partial charge in [0.15, 0.2) is 0 Å². The quantitative estimate of drug-likeness (QED) is 0.246. The van der Waals surface area contributed by atoms with Gasteiger partial charge < -0.3 is 30.6 Å². The molecule has 1 aliphatic carbocycles. The highest BCUT2D eigenvalue weighted by Gasteiger charge is 2.39. The Labute approximate surface area is 234 Å². The summed E-state index contributed by atoms with van der Waals surface area (Å²) >= 11 is 0. The van der Waals surface area contributed by atoms with Crippen LogP contribution in [0.4, 0.5) is 4.79 Å². The molecule has 40 heavy (non-hydrogen) atoms. The van der Waals surface area contributed by atoms with E-state index in [9.17, 15) is 14.4 Å². The summed E-state index contributed by atoms with van der Waals surface area (Å²) in [7, 11) is 1.78. The van der Waals surface area contributed by atoms with Crippen molar-refractivity contribution in [3.05, 3.63) is 90.0 Å². The lowest BCUT2D eigenvalue weighted by molar-refractivity contribution is -0.137. The monoisotopic (exact) mass is 546 g/mol. The van der Waals surface area contributed by atoms with E-state index in [-0.39, 0.29) is 36.8 Å². The fourth-order valence-electron chi connectivity index (χ4n) is 4.92. The summed E-state index contributed by atoms with van der Waals surface area (Å²) in [4.78, 5) is 48.0. The lowest BCUT2D eigenvalue weighted by Gasteiger charge is -2.42. The van der Waals surface area contributed by atoms with Crippen LogP contribution in [0.25, 0.3) is 0 Å². The Bertz CT molecular complexity index is 1220. The molecule has 1 heterocycles. The molecule has 2 aromatic carbocycles. The number of likely N-dealkylation sites (N-methyl/N-ethyl adjacent to an activating group) is 1. The third-order valence-electron chi connectivity index (χ3n) is 7.38. The normalized spacial score (nSPS) is 14.4. The summed E-state index contributed by atoms with van der Waals surface area (Å²) in [5.41, 5.74) is 2.67. The molecule has 1 fully saturated rings. The minimum atomic E-state index is -0.948. The Morgan fingerprint density at radius 3 is 2.42 bits per heavy atom. The molecule has 0 saturated heterocycles. The highest BCUT2D eigenvalue weighted by atomic mass is 16.5. The van der Waals surface area contributed by atoms with Crippen molar-refractivity contribution >= 4 is 17.9 Å². The van der Waals surface area contributed by atoms with Crippen LogP contribution >= 0.6 is 0 Å². The van der Waals surface area contributed by atoms with E-state index >= 15 is 0 Å². The van der Waals surface area contributed by atoms with E-state index < -0.39 is 12.1 Å². The second-order valence-corrected chi connectivity index (χ2v) is 10.2. The molecule has 3 amide bonds. The van der Waals surface area contributed by atoms with Crippen molar-refractivity contribution in [3.63, 3.8) is 0 Å². The number of aromatic nitrogens is 2. The van der Waals surface area contributed by atoms with Crippen molar-refractivity contribution in [2.24, 2.45) is 0 Å². The van der Waals surface area contributed by atoms with Gasteiger partial charge in [0.2, 0.25) is 11.8 Å². The number of H-pyrrole nitrogens is 1. The molecule has 3 aromatic rings. The summed E-state index contributed by atoms with van der Waals surface area (Å²) in [5.74, 6) is -0.614. The van der Waals surface area contributed by atoms with Gasteiger partial charge in [0, 0.05) is 43.4 Å². The van der Waals surface area contributed by atoms with Gasteiger partial charge in [0.1, 0.15) is 12.6 Å². The van der Waals surface area contributed by atoms with E-state index in [0.717, 1.165) is 24.8 Å². The van der Waals surface area contributed by atoms with Crippen molar-refractivity contribution in [1.29, 1.82) is 0 Å². The highest BCUT2D eigenvalue weighted by molar-refractivity contribution is 5.89. The van der Waals surface area contributed by atoms with Crippen molar-refractivity contribution in [3.8, 4) is 0 Å². The van der Waals surface area contributed by atoms with Crippen molar-refractivity contribution in [1.82, 2.24) is 30.8 Å². The van der Waals surface area contributed by atoms with Crippen LogP contribution < -0.4 is 16.0 Å². The minimum Gasteiger partial charge on any atom is -0.445 e. The first-order valence-corrected chi connectivity index (χ1v) is 13.7. The molecule has 4 N–H and O–H groups in total. The predicted molar refractivity (Wildman–Crippen MR) is 151 cm³/mol. The van der Waals surface area contributed by atoms with E-state index in [1.165, 1.54) is 16.8 Å². The Balaban J connectivity index is 1.40. The fraction of sp³-hybridized carbons (Fsp3) is 0.400. The van der Waals surface area contributed by atoms with Crippen LogP contribution in [0.3, 0.4) is 0 Å². The number of alkyl carbamates (subject to hydrolysis) is 1. The molecule has 0 bridgehead atoms. The van der Waals surface area contributed by atoms with Crippen LogP contribution in [0.15, 0.2) is 73.2 Å². The van der Waals surface area contributed by atoms with Gasteiger partial charge in [0.05, 0.1) is 12.9 Å². The molecule has 4 rings (SSSR count). The first-order valence-electron chi connectivity index (χ1n) is 13.7. The van der Waals surface area contributed by atoms with Crippen LogP contribution in [0.2, 0.25) is 0 Å². The van der Waals surface area contributed by atoms with Crippen LogP contribution in [0.5, 0.6) is 0 Å².